The first-order valence-electron chi connectivity index (χ1n) is 9.62. The largest absolute Gasteiger partial charge is 0.353 e. The lowest BCUT2D eigenvalue weighted by Crippen LogP contribution is -2.46. The van der Waals surface area contributed by atoms with Crippen LogP contribution in [0.5, 0.6) is 0 Å². The van der Waals surface area contributed by atoms with Crippen LogP contribution in [0.25, 0.3) is 17.0 Å². The van der Waals surface area contributed by atoms with Gasteiger partial charge in [-0.25, -0.2) is 4.39 Å². The molecule has 0 spiro atoms. The zero-order chi connectivity index (χ0) is 19.6. The molecule has 4 aromatic rings. The molecule has 3 aromatic heterocycles. The van der Waals surface area contributed by atoms with Gasteiger partial charge in [0.25, 0.3) is 0 Å². The highest BCUT2D eigenvalue weighted by molar-refractivity contribution is 5.60. The van der Waals surface area contributed by atoms with Crippen molar-refractivity contribution in [3.8, 4) is 11.4 Å². The number of hydrogen-bond acceptors (Lipinski definition) is 6. The summed E-state index contributed by atoms with van der Waals surface area (Å²) >= 11 is 0. The van der Waals surface area contributed by atoms with Gasteiger partial charge in [0, 0.05) is 38.9 Å². The fourth-order valence-electron chi connectivity index (χ4n) is 3.61. The molecule has 0 aliphatic carbocycles. The number of nitrogens with zero attached hydrogens (tertiary/aromatic N) is 7. The number of pyridine rings is 1. The average molecular weight is 389 g/mol. The maximum Gasteiger partial charge on any atom is 0.188 e. The number of anilines is 1. The molecular formula is C21H20FN7. The topological polar surface area (TPSA) is 62.5 Å². The Morgan fingerprint density at radius 3 is 2.48 bits per heavy atom. The predicted octanol–water partition coefficient (Wildman–Crippen LogP) is 2.65. The van der Waals surface area contributed by atoms with Gasteiger partial charge in [-0.05, 0) is 36.4 Å². The molecule has 7 nitrogen and oxygen atoms in total. The highest BCUT2D eigenvalue weighted by Gasteiger charge is 2.20. The van der Waals surface area contributed by atoms with Crippen molar-refractivity contribution in [2.75, 3.05) is 31.1 Å². The van der Waals surface area contributed by atoms with Crippen LogP contribution in [0, 0.1) is 5.82 Å². The second-order valence-electron chi connectivity index (χ2n) is 7.05. The van der Waals surface area contributed by atoms with Crippen molar-refractivity contribution < 1.29 is 4.39 Å². The quantitative estimate of drug-likeness (QED) is 0.535. The highest BCUT2D eigenvalue weighted by Crippen LogP contribution is 2.22. The lowest BCUT2D eigenvalue weighted by Gasteiger charge is -2.35. The zero-order valence-corrected chi connectivity index (χ0v) is 15.8. The van der Waals surface area contributed by atoms with E-state index >= 15 is 0 Å². The van der Waals surface area contributed by atoms with Crippen molar-refractivity contribution in [3.05, 3.63) is 72.3 Å². The monoisotopic (exact) mass is 389 g/mol. The minimum Gasteiger partial charge on any atom is -0.353 e. The molecule has 0 saturated carbocycles. The molecule has 0 amide bonds. The van der Waals surface area contributed by atoms with E-state index in [0.717, 1.165) is 44.2 Å². The third-order valence-corrected chi connectivity index (χ3v) is 5.17. The summed E-state index contributed by atoms with van der Waals surface area (Å²) in [6.07, 6.45) is 1.83. The molecule has 1 aromatic carbocycles. The first kappa shape index (κ1) is 17.7. The molecule has 1 aliphatic heterocycles. The van der Waals surface area contributed by atoms with Crippen LogP contribution in [0.3, 0.4) is 0 Å². The third kappa shape index (κ3) is 3.54. The summed E-state index contributed by atoms with van der Waals surface area (Å²) in [4.78, 5) is 9.03. The molecule has 1 saturated heterocycles. The number of hydrogen-bond donors (Lipinski definition) is 0. The van der Waals surface area contributed by atoms with Gasteiger partial charge < -0.3 is 4.90 Å². The van der Waals surface area contributed by atoms with Crippen LogP contribution < -0.4 is 4.90 Å². The van der Waals surface area contributed by atoms with Crippen molar-refractivity contribution >= 4 is 11.5 Å². The molecule has 0 unspecified atom stereocenters. The van der Waals surface area contributed by atoms with Crippen molar-refractivity contribution in [1.29, 1.82) is 0 Å². The Hall–Kier alpha value is -3.39. The summed E-state index contributed by atoms with van der Waals surface area (Å²) in [5.41, 5.74) is 2.07. The van der Waals surface area contributed by atoms with Gasteiger partial charge in [-0.1, -0.05) is 18.2 Å². The van der Waals surface area contributed by atoms with E-state index in [-0.39, 0.29) is 5.82 Å². The average Bonchev–Trinajstić information content (AvgIpc) is 3.18. The van der Waals surface area contributed by atoms with Crippen LogP contribution in [0.15, 0.2) is 60.8 Å². The molecule has 0 radical (unpaired) electrons. The summed E-state index contributed by atoms with van der Waals surface area (Å²) in [6.45, 7) is 4.44. The smallest absolute Gasteiger partial charge is 0.188 e. The van der Waals surface area contributed by atoms with Crippen LogP contribution in [0.1, 0.15) is 5.69 Å². The SMILES string of the molecule is Fc1ccccc1-c1nnc2ccc(N3CCN(Cc4ccccn4)CC3)nn12. The van der Waals surface area contributed by atoms with Crippen molar-refractivity contribution in [1.82, 2.24) is 29.7 Å². The predicted molar refractivity (Wildman–Crippen MR) is 108 cm³/mol. The van der Waals surface area contributed by atoms with Gasteiger partial charge in [0.05, 0.1) is 11.3 Å². The molecule has 5 rings (SSSR count). The summed E-state index contributed by atoms with van der Waals surface area (Å²) < 4.78 is 15.8. The van der Waals surface area contributed by atoms with Gasteiger partial charge in [-0.3, -0.25) is 9.88 Å². The van der Waals surface area contributed by atoms with Crippen LogP contribution in [0.2, 0.25) is 0 Å². The van der Waals surface area contributed by atoms with Gasteiger partial charge >= 0.3 is 0 Å². The van der Waals surface area contributed by atoms with Gasteiger partial charge in [0.2, 0.25) is 0 Å². The zero-order valence-electron chi connectivity index (χ0n) is 15.8. The fraction of sp³-hybridized carbons (Fsp3) is 0.238. The molecule has 1 fully saturated rings. The van der Waals surface area contributed by atoms with Gasteiger partial charge in [0.15, 0.2) is 11.5 Å². The number of rotatable bonds is 4. The Morgan fingerprint density at radius 2 is 1.69 bits per heavy atom. The van der Waals surface area contributed by atoms with Crippen LogP contribution in [-0.4, -0.2) is 55.9 Å². The summed E-state index contributed by atoms with van der Waals surface area (Å²) in [7, 11) is 0. The molecule has 0 bridgehead atoms. The number of aromatic nitrogens is 5. The standard InChI is InChI=1S/C21H20FN7/c22-18-7-2-1-6-17(18)21-25-24-19-8-9-20(26-29(19)21)28-13-11-27(12-14-28)15-16-5-3-4-10-23-16/h1-10H,11-15H2. The Balaban J connectivity index is 1.35. The molecule has 1 aliphatic rings. The van der Waals surface area contributed by atoms with E-state index in [1.807, 2.05) is 30.5 Å². The second-order valence-corrected chi connectivity index (χ2v) is 7.05. The number of fused-ring (bicyclic) bond motifs is 1. The Kier molecular flexibility index (Phi) is 4.61. The minimum absolute atomic E-state index is 0.336. The third-order valence-electron chi connectivity index (χ3n) is 5.17. The Labute approximate surface area is 167 Å². The Morgan fingerprint density at radius 1 is 0.862 bits per heavy atom. The van der Waals surface area contributed by atoms with E-state index in [1.54, 1.807) is 22.7 Å². The second kappa shape index (κ2) is 7.56. The molecule has 0 atom stereocenters. The summed E-state index contributed by atoms with van der Waals surface area (Å²) in [6, 6.07) is 16.4. The highest BCUT2D eigenvalue weighted by atomic mass is 19.1. The number of halogens is 1. The van der Waals surface area contributed by atoms with Gasteiger partial charge in [-0.2, -0.15) is 4.52 Å². The molecule has 8 heteroatoms. The maximum absolute atomic E-state index is 14.2. The van der Waals surface area contributed by atoms with Crippen LogP contribution in [-0.2, 0) is 6.54 Å². The molecular weight excluding hydrogens is 369 g/mol. The van der Waals surface area contributed by atoms with Crippen LogP contribution in [0.4, 0.5) is 10.2 Å². The molecule has 4 heterocycles. The normalized spacial score (nSPS) is 15.1. The first-order chi connectivity index (χ1) is 14.3. The van der Waals surface area contributed by atoms with E-state index < -0.39 is 0 Å². The first-order valence-corrected chi connectivity index (χ1v) is 9.62. The van der Waals surface area contributed by atoms with E-state index in [2.05, 4.69) is 31.0 Å². The van der Waals surface area contributed by atoms with Crippen molar-refractivity contribution in [2.45, 2.75) is 6.54 Å². The lowest BCUT2D eigenvalue weighted by atomic mass is 10.2. The molecule has 0 N–H and O–H groups in total. The van der Waals surface area contributed by atoms with Crippen molar-refractivity contribution in [2.24, 2.45) is 0 Å². The van der Waals surface area contributed by atoms with Crippen LogP contribution >= 0.6 is 0 Å². The number of piperazine rings is 1. The van der Waals surface area contributed by atoms with Crippen molar-refractivity contribution in [3.63, 3.8) is 0 Å². The summed E-state index contributed by atoms with van der Waals surface area (Å²) in [5, 5.41) is 13.0. The van der Waals surface area contributed by atoms with Gasteiger partial charge in [-0.15, -0.1) is 15.3 Å². The Bertz CT molecular complexity index is 1120. The van der Waals surface area contributed by atoms with E-state index in [1.165, 1.54) is 6.07 Å². The molecule has 29 heavy (non-hydrogen) atoms. The lowest BCUT2D eigenvalue weighted by molar-refractivity contribution is 0.246. The number of benzene rings is 1. The van der Waals surface area contributed by atoms with E-state index in [9.17, 15) is 4.39 Å². The minimum atomic E-state index is -0.336. The van der Waals surface area contributed by atoms with Gasteiger partial charge in [0.1, 0.15) is 11.6 Å². The van der Waals surface area contributed by atoms with E-state index in [4.69, 9.17) is 5.10 Å². The summed E-state index contributed by atoms with van der Waals surface area (Å²) in [5.74, 6) is 0.915. The maximum atomic E-state index is 14.2. The fourth-order valence-corrected chi connectivity index (χ4v) is 3.61. The van der Waals surface area contributed by atoms with E-state index in [0.29, 0.717) is 17.0 Å². The molecule has 146 valence electrons.